The number of hydrogen-bond acceptors (Lipinski definition) is 2. The van der Waals surface area contributed by atoms with E-state index in [1.807, 2.05) is 16.8 Å². The van der Waals surface area contributed by atoms with Gasteiger partial charge in [0.15, 0.2) is 0 Å². The van der Waals surface area contributed by atoms with Crippen LogP contribution < -0.4 is 5.32 Å². The van der Waals surface area contributed by atoms with Crippen molar-refractivity contribution in [2.75, 3.05) is 5.32 Å². The molecule has 5 heteroatoms. The fourth-order valence-electron chi connectivity index (χ4n) is 1.24. The maximum Gasteiger partial charge on any atom is 0.258 e. The highest BCUT2D eigenvalue weighted by Gasteiger charge is 2.14. The third-order valence-electron chi connectivity index (χ3n) is 1.97. The van der Waals surface area contributed by atoms with E-state index in [4.69, 9.17) is 23.2 Å². The van der Waals surface area contributed by atoms with E-state index in [0.717, 1.165) is 5.69 Å². The van der Waals surface area contributed by atoms with Crippen LogP contribution in [0.2, 0.25) is 10.0 Å². The Morgan fingerprint density at radius 2 is 1.88 bits per heavy atom. The molecule has 0 radical (unpaired) electrons. The fraction of sp³-hybridized carbons (Fsp3) is 0. The molecule has 1 N–H and O–H groups in total. The number of nitrogens with one attached hydrogen (secondary N) is 1. The van der Waals surface area contributed by atoms with Crippen LogP contribution in [0, 0.1) is 0 Å². The summed E-state index contributed by atoms with van der Waals surface area (Å²) in [7, 11) is 0. The number of rotatable bonds is 2. The maximum absolute atomic E-state index is 11.9. The van der Waals surface area contributed by atoms with Crippen LogP contribution in [0.5, 0.6) is 0 Å². The summed E-state index contributed by atoms with van der Waals surface area (Å²) < 4.78 is 0. The molecule has 0 fully saturated rings. The van der Waals surface area contributed by atoms with Gasteiger partial charge in [-0.15, -0.1) is 0 Å². The summed E-state index contributed by atoms with van der Waals surface area (Å²) in [5.41, 5.74) is 1.04. The zero-order valence-corrected chi connectivity index (χ0v) is 10.4. The van der Waals surface area contributed by atoms with E-state index in [-0.39, 0.29) is 5.91 Å². The van der Waals surface area contributed by atoms with Crippen LogP contribution in [-0.2, 0) is 0 Å². The van der Waals surface area contributed by atoms with E-state index in [0.29, 0.717) is 15.6 Å². The topological polar surface area (TPSA) is 29.1 Å². The van der Waals surface area contributed by atoms with Gasteiger partial charge < -0.3 is 5.32 Å². The molecule has 0 bridgehead atoms. The quantitative estimate of drug-likeness (QED) is 0.867. The standard InChI is InChI=1S/C11H7Cl2NOS/c12-8-2-1-3-9(13)10(8)11(15)14-7-4-5-16-6-7/h1-6H,(H,14,15). The van der Waals surface area contributed by atoms with E-state index in [9.17, 15) is 4.79 Å². The van der Waals surface area contributed by atoms with Gasteiger partial charge in [0.2, 0.25) is 0 Å². The minimum atomic E-state index is -0.297. The Morgan fingerprint density at radius 3 is 2.44 bits per heavy atom. The Kier molecular flexibility index (Phi) is 3.49. The average Bonchev–Trinajstić information content (AvgIpc) is 2.70. The Morgan fingerprint density at radius 1 is 1.19 bits per heavy atom. The molecule has 1 aromatic heterocycles. The van der Waals surface area contributed by atoms with Gasteiger partial charge in [-0.25, -0.2) is 0 Å². The lowest BCUT2D eigenvalue weighted by molar-refractivity contribution is 0.102. The number of amides is 1. The van der Waals surface area contributed by atoms with Gasteiger partial charge in [0, 0.05) is 5.38 Å². The van der Waals surface area contributed by atoms with Gasteiger partial charge >= 0.3 is 0 Å². The molecule has 2 rings (SSSR count). The molecule has 0 saturated carbocycles. The van der Waals surface area contributed by atoms with Gasteiger partial charge in [0.05, 0.1) is 21.3 Å². The van der Waals surface area contributed by atoms with Crippen LogP contribution in [0.1, 0.15) is 10.4 Å². The number of benzene rings is 1. The van der Waals surface area contributed by atoms with Crippen LogP contribution >= 0.6 is 34.5 Å². The van der Waals surface area contributed by atoms with Crippen LogP contribution in [0.4, 0.5) is 5.69 Å². The van der Waals surface area contributed by atoms with Crippen LogP contribution in [0.15, 0.2) is 35.0 Å². The maximum atomic E-state index is 11.9. The van der Waals surface area contributed by atoms with Crippen molar-refractivity contribution in [3.8, 4) is 0 Å². The predicted octanol–water partition coefficient (Wildman–Crippen LogP) is 4.31. The van der Waals surface area contributed by atoms with Crippen molar-refractivity contribution in [3.63, 3.8) is 0 Å². The number of carbonyl (C=O) groups is 1. The van der Waals surface area contributed by atoms with E-state index in [1.54, 1.807) is 18.2 Å². The van der Waals surface area contributed by atoms with Crippen LogP contribution in [-0.4, -0.2) is 5.91 Å². The van der Waals surface area contributed by atoms with Crippen molar-refractivity contribution in [1.82, 2.24) is 0 Å². The lowest BCUT2D eigenvalue weighted by atomic mass is 10.2. The molecule has 2 nitrogen and oxygen atoms in total. The largest absolute Gasteiger partial charge is 0.321 e. The minimum absolute atomic E-state index is 0.297. The molecule has 1 heterocycles. The SMILES string of the molecule is O=C(Nc1ccsc1)c1c(Cl)cccc1Cl. The van der Waals surface area contributed by atoms with Gasteiger partial charge in [-0.05, 0) is 23.6 Å². The number of anilines is 1. The fourth-order valence-corrected chi connectivity index (χ4v) is 2.40. The third kappa shape index (κ3) is 2.38. The predicted molar refractivity (Wildman–Crippen MR) is 68.7 cm³/mol. The van der Waals surface area contributed by atoms with Crippen molar-refractivity contribution in [2.45, 2.75) is 0 Å². The first kappa shape index (κ1) is 11.5. The van der Waals surface area contributed by atoms with E-state index >= 15 is 0 Å². The molecule has 82 valence electrons. The Bertz CT molecular complexity index is 490. The summed E-state index contributed by atoms with van der Waals surface area (Å²) in [6, 6.07) is 6.78. The molecular weight excluding hydrogens is 265 g/mol. The van der Waals surface area contributed by atoms with Gasteiger partial charge in [0.1, 0.15) is 0 Å². The van der Waals surface area contributed by atoms with Gasteiger partial charge in [-0.1, -0.05) is 29.3 Å². The molecule has 0 saturated heterocycles. The van der Waals surface area contributed by atoms with Gasteiger partial charge in [0.25, 0.3) is 5.91 Å². The van der Waals surface area contributed by atoms with Crippen molar-refractivity contribution in [3.05, 3.63) is 50.6 Å². The van der Waals surface area contributed by atoms with Crippen LogP contribution in [0.3, 0.4) is 0 Å². The molecule has 0 aliphatic rings. The first-order chi connectivity index (χ1) is 7.68. The number of hydrogen-bond donors (Lipinski definition) is 1. The molecule has 1 amide bonds. The van der Waals surface area contributed by atoms with Gasteiger partial charge in [-0.3, -0.25) is 4.79 Å². The second kappa shape index (κ2) is 4.87. The lowest BCUT2D eigenvalue weighted by Crippen LogP contribution is -2.12. The van der Waals surface area contributed by atoms with Gasteiger partial charge in [-0.2, -0.15) is 11.3 Å². The average molecular weight is 272 g/mol. The molecule has 0 aliphatic carbocycles. The Balaban J connectivity index is 2.28. The molecule has 1 aromatic carbocycles. The highest BCUT2D eigenvalue weighted by Crippen LogP contribution is 2.25. The second-order valence-corrected chi connectivity index (χ2v) is 4.66. The molecule has 0 unspecified atom stereocenters. The van der Waals surface area contributed by atoms with E-state index in [1.165, 1.54) is 11.3 Å². The summed E-state index contributed by atoms with van der Waals surface area (Å²) in [5, 5.41) is 7.13. The summed E-state index contributed by atoms with van der Waals surface area (Å²) in [6.45, 7) is 0. The highest BCUT2D eigenvalue weighted by atomic mass is 35.5. The van der Waals surface area contributed by atoms with Crippen molar-refractivity contribution < 1.29 is 4.79 Å². The van der Waals surface area contributed by atoms with E-state index in [2.05, 4.69) is 5.32 Å². The highest BCUT2D eigenvalue weighted by molar-refractivity contribution is 7.08. The second-order valence-electron chi connectivity index (χ2n) is 3.06. The molecule has 0 atom stereocenters. The monoisotopic (exact) mass is 271 g/mol. The Hall–Kier alpha value is -1.03. The summed E-state index contributed by atoms with van der Waals surface area (Å²) in [6.07, 6.45) is 0. The molecule has 0 spiro atoms. The van der Waals surface area contributed by atoms with Crippen molar-refractivity contribution >= 4 is 46.1 Å². The molecule has 16 heavy (non-hydrogen) atoms. The number of carbonyl (C=O) groups excluding carboxylic acids is 1. The smallest absolute Gasteiger partial charge is 0.258 e. The normalized spacial score (nSPS) is 10.1. The molecule has 2 aromatic rings. The van der Waals surface area contributed by atoms with Crippen LogP contribution in [0.25, 0.3) is 0 Å². The van der Waals surface area contributed by atoms with Crippen molar-refractivity contribution in [1.29, 1.82) is 0 Å². The van der Waals surface area contributed by atoms with E-state index < -0.39 is 0 Å². The third-order valence-corrected chi connectivity index (χ3v) is 3.28. The summed E-state index contributed by atoms with van der Waals surface area (Å²) in [5.74, 6) is -0.297. The van der Waals surface area contributed by atoms with Crippen molar-refractivity contribution in [2.24, 2.45) is 0 Å². The first-order valence-electron chi connectivity index (χ1n) is 4.46. The minimum Gasteiger partial charge on any atom is -0.321 e. The number of thiophene rings is 1. The summed E-state index contributed by atoms with van der Waals surface area (Å²) in [4.78, 5) is 11.9. The summed E-state index contributed by atoms with van der Waals surface area (Å²) >= 11 is 13.3. The zero-order valence-electron chi connectivity index (χ0n) is 8.04. The lowest BCUT2D eigenvalue weighted by Gasteiger charge is -2.06. The number of halogens is 2. The zero-order chi connectivity index (χ0) is 11.5. The Labute approximate surface area is 107 Å². The molecule has 0 aliphatic heterocycles. The molecular formula is C11H7Cl2NOS. The first-order valence-corrected chi connectivity index (χ1v) is 6.16.